The summed E-state index contributed by atoms with van der Waals surface area (Å²) in [6, 6.07) is 8.60. The first kappa shape index (κ1) is 24.4. The van der Waals surface area contributed by atoms with Crippen LogP contribution in [0.25, 0.3) is 0 Å². The van der Waals surface area contributed by atoms with Gasteiger partial charge >= 0.3 is 0 Å². The predicted octanol–water partition coefficient (Wildman–Crippen LogP) is 4.90. The summed E-state index contributed by atoms with van der Waals surface area (Å²) in [6.07, 6.45) is 1.92. The third-order valence-corrected chi connectivity index (χ3v) is 4.91. The van der Waals surface area contributed by atoms with Crippen LogP contribution in [-0.4, -0.2) is 32.1 Å². The second-order valence-corrected chi connectivity index (χ2v) is 6.75. The Labute approximate surface area is 180 Å². The zero-order valence-corrected chi connectivity index (χ0v) is 17.6. The molecule has 2 N–H and O–H groups in total. The summed E-state index contributed by atoms with van der Waals surface area (Å²) in [5.41, 5.74) is 0.656. The van der Waals surface area contributed by atoms with Crippen LogP contribution >= 0.6 is 36.4 Å². The number of benzene rings is 2. The molecule has 2 aromatic rings. The molecule has 0 saturated carbocycles. The summed E-state index contributed by atoms with van der Waals surface area (Å²) in [7, 11) is 1.91. The minimum Gasteiger partial charge on any atom is -0.371 e. The van der Waals surface area contributed by atoms with Crippen molar-refractivity contribution in [2.75, 3.05) is 30.4 Å². The predicted molar refractivity (Wildman–Crippen MR) is 115 cm³/mol. The highest BCUT2D eigenvalue weighted by Crippen LogP contribution is 2.26. The zero-order valence-electron chi connectivity index (χ0n) is 15.2. The van der Waals surface area contributed by atoms with Gasteiger partial charge in [0, 0.05) is 24.5 Å². The average molecular weight is 453 g/mol. The fraction of sp³-hybridized carbons (Fsp3) is 0.316. The Balaban J connectivity index is 0.00000196. The van der Waals surface area contributed by atoms with E-state index in [1.54, 1.807) is 6.07 Å². The molecule has 9 heteroatoms. The lowest BCUT2D eigenvalue weighted by Crippen LogP contribution is -2.41. The van der Waals surface area contributed by atoms with Gasteiger partial charge in [-0.25, -0.2) is 8.78 Å². The van der Waals surface area contributed by atoms with Crippen LogP contribution in [0.15, 0.2) is 36.4 Å². The van der Waals surface area contributed by atoms with Gasteiger partial charge in [0.1, 0.15) is 11.6 Å². The number of anilines is 2. The van der Waals surface area contributed by atoms with Gasteiger partial charge in [0.25, 0.3) is 5.91 Å². The first-order valence-electron chi connectivity index (χ1n) is 8.45. The van der Waals surface area contributed by atoms with Crippen LogP contribution in [0, 0.1) is 11.6 Å². The van der Waals surface area contributed by atoms with Crippen molar-refractivity contribution in [2.24, 2.45) is 0 Å². The molecule has 0 aliphatic carbocycles. The van der Waals surface area contributed by atoms with E-state index in [9.17, 15) is 13.6 Å². The number of nitrogens with zero attached hydrogens (tertiary/aromatic N) is 1. The number of carbonyl (C=O) groups excluding carboxylic acids is 1. The first-order chi connectivity index (χ1) is 12.5. The third kappa shape index (κ3) is 5.70. The molecular weight excluding hydrogens is 431 g/mol. The third-order valence-electron chi connectivity index (χ3n) is 4.59. The number of rotatable bonds is 4. The minimum atomic E-state index is -0.724. The average Bonchev–Trinajstić information content (AvgIpc) is 2.61. The van der Waals surface area contributed by atoms with Crippen molar-refractivity contribution in [3.05, 3.63) is 58.6 Å². The van der Waals surface area contributed by atoms with Crippen molar-refractivity contribution in [3.8, 4) is 0 Å². The molecule has 0 aromatic heterocycles. The van der Waals surface area contributed by atoms with Crippen molar-refractivity contribution >= 4 is 53.7 Å². The number of amides is 1. The Kier molecular flexibility index (Phi) is 9.44. The number of nitrogens with one attached hydrogen (secondary N) is 2. The van der Waals surface area contributed by atoms with Crippen LogP contribution in [0.5, 0.6) is 0 Å². The van der Waals surface area contributed by atoms with Gasteiger partial charge in [0.2, 0.25) is 0 Å². The molecule has 154 valence electrons. The van der Waals surface area contributed by atoms with Crippen LogP contribution in [-0.2, 0) is 0 Å². The quantitative estimate of drug-likeness (QED) is 0.693. The van der Waals surface area contributed by atoms with Crippen molar-refractivity contribution in [3.63, 3.8) is 0 Å². The van der Waals surface area contributed by atoms with Crippen molar-refractivity contribution < 1.29 is 13.6 Å². The highest BCUT2D eigenvalue weighted by molar-refractivity contribution is 6.34. The van der Waals surface area contributed by atoms with Gasteiger partial charge in [-0.15, -0.1) is 24.8 Å². The first-order valence-corrected chi connectivity index (χ1v) is 8.83. The molecule has 1 aliphatic rings. The molecule has 28 heavy (non-hydrogen) atoms. The van der Waals surface area contributed by atoms with E-state index >= 15 is 0 Å². The Bertz CT molecular complexity index is 797. The number of piperidine rings is 1. The van der Waals surface area contributed by atoms with E-state index < -0.39 is 17.5 Å². The van der Waals surface area contributed by atoms with Gasteiger partial charge in [0.15, 0.2) is 0 Å². The number of halogens is 5. The Morgan fingerprint density at radius 3 is 2.50 bits per heavy atom. The van der Waals surface area contributed by atoms with Gasteiger partial charge in [-0.05, 0) is 56.3 Å². The van der Waals surface area contributed by atoms with Crippen LogP contribution < -0.4 is 15.5 Å². The van der Waals surface area contributed by atoms with Crippen LogP contribution in [0.1, 0.15) is 23.2 Å². The standard InChI is InChI=1S/C19H20ClF2N3O.2ClH/c1-25(14-5-7-23-8-6-14)15-10-12(21)9-13(11-15)24-19(26)18-16(20)3-2-4-17(18)22;;/h2-4,9-11,14,23H,5-8H2,1H3,(H,24,26);2*1H. The second-order valence-electron chi connectivity index (χ2n) is 6.34. The maximum Gasteiger partial charge on any atom is 0.260 e. The molecule has 0 atom stereocenters. The summed E-state index contributed by atoms with van der Waals surface area (Å²) >= 11 is 5.92. The zero-order chi connectivity index (χ0) is 18.7. The van der Waals surface area contributed by atoms with E-state index in [-0.39, 0.29) is 41.1 Å². The molecule has 0 spiro atoms. The molecule has 0 unspecified atom stereocenters. The molecule has 1 heterocycles. The maximum absolute atomic E-state index is 14.1. The number of hydrogen-bond acceptors (Lipinski definition) is 3. The Morgan fingerprint density at radius 2 is 1.86 bits per heavy atom. The summed E-state index contributed by atoms with van der Waals surface area (Å²) < 4.78 is 28.0. The van der Waals surface area contributed by atoms with Gasteiger partial charge in [0.05, 0.1) is 10.6 Å². The van der Waals surface area contributed by atoms with Gasteiger partial charge < -0.3 is 15.5 Å². The largest absolute Gasteiger partial charge is 0.371 e. The summed E-state index contributed by atoms with van der Waals surface area (Å²) in [6.45, 7) is 1.83. The summed E-state index contributed by atoms with van der Waals surface area (Å²) in [5, 5.41) is 5.83. The van der Waals surface area contributed by atoms with Gasteiger partial charge in [-0.1, -0.05) is 17.7 Å². The Hall–Kier alpha value is -1.60. The topological polar surface area (TPSA) is 44.4 Å². The van der Waals surface area contributed by atoms with E-state index in [1.807, 2.05) is 11.9 Å². The van der Waals surface area contributed by atoms with Crippen LogP contribution in [0.2, 0.25) is 5.02 Å². The second kappa shape index (κ2) is 10.8. The molecule has 0 radical (unpaired) electrons. The lowest BCUT2D eigenvalue weighted by Gasteiger charge is -2.33. The molecule has 0 bridgehead atoms. The fourth-order valence-corrected chi connectivity index (χ4v) is 3.41. The van der Waals surface area contributed by atoms with Crippen LogP contribution in [0.4, 0.5) is 20.2 Å². The normalized spacial score (nSPS) is 13.9. The summed E-state index contributed by atoms with van der Waals surface area (Å²) in [4.78, 5) is 14.4. The fourth-order valence-electron chi connectivity index (χ4n) is 3.16. The molecule has 4 nitrogen and oxygen atoms in total. The van der Waals surface area contributed by atoms with Gasteiger partial charge in [-0.3, -0.25) is 4.79 Å². The van der Waals surface area contributed by atoms with Crippen LogP contribution in [0.3, 0.4) is 0 Å². The van der Waals surface area contributed by atoms with Crippen molar-refractivity contribution in [2.45, 2.75) is 18.9 Å². The molecule has 1 saturated heterocycles. The van der Waals surface area contributed by atoms with Crippen molar-refractivity contribution in [1.29, 1.82) is 0 Å². The Morgan fingerprint density at radius 1 is 1.18 bits per heavy atom. The highest BCUT2D eigenvalue weighted by Gasteiger charge is 2.20. The van der Waals surface area contributed by atoms with E-state index in [2.05, 4.69) is 10.6 Å². The molecule has 2 aromatic carbocycles. The van der Waals surface area contributed by atoms with Gasteiger partial charge in [-0.2, -0.15) is 0 Å². The monoisotopic (exact) mass is 451 g/mol. The molecule has 1 amide bonds. The molecule has 3 rings (SSSR count). The van der Waals surface area contributed by atoms with E-state index in [4.69, 9.17) is 11.6 Å². The molecular formula is C19H22Cl3F2N3O. The highest BCUT2D eigenvalue weighted by atomic mass is 35.5. The number of hydrogen-bond donors (Lipinski definition) is 2. The lowest BCUT2D eigenvalue weighted by atomic mass is 10.0. The smallest absolute Gasteiger partial charge is 0.260 e. The lowest BCUT2D eigenvalue weighted by molar-refractivity contribution is 0.102. The molecule has 1 aliphatic heterocycles. The van der Waals surface area contributed by atoms with Crippen molar-refractivity contribution in [1.82, 2.24) is 5.32 Å². The number of carbonyl (C=O) groups is 1. The van der Waals surface area contributed by atoms with E-state index in [1.165, 1.54) is 24.3 Å². The summed E-state index contributed by atoms with van der Waals surface area (Å²) in [5.74, 6) is -1.91. The minimum absolute atomic E-state index is 0. The van der Waals surface area contributed by atoms with E-state index in [0.29, 0.717) is 11.7 Å². The molecule has 1 fully saturated rings. The maximum atomic E-state index is 14.1. The van der Waals surface area contributed by atoms with E-state index in [0.717, 1.165) is 32.0 Å². The SMILES string of the molecule is CN(c1cc(F)cc(NC(=O)c2c(F)cccc2Cl)c1)C1CCNCC1.Cl.Cl.